The number of amides is 1. The smallest absolute Gasteiger partial charge is 0.269 e. The summed E-state index contributed by atoms with van der Waals surface area (Å²) >= 11 is 1.28. The Morgan fingerprint density at radius 2 is 1.79 bits per heavy atom. The molecule has 2 aromatic carbocycles. The van der Waals surface area contributed by atoms with Gasteiger partial charge in [-0.2, -0.15) is 0 Å². The Hall–Kier alpha value is -3.65. The Morgan fingerprint density at radius 3 is 2.48 bits per heavy atom. The molecule has 1 aromatic heterocycles. The number of nitro groups is 1. The van der Waals surface area contributed by atoms with Gasteiger partial charge in [0.05, 0.1) is 15.5 Å². The number of carbonyl (C=O) groups excluding carboxylic acids is 1. The van der Waals surface area contributed by atoms with Crippen molar-refractivity contribution in [3.8, 4) is 11.3 Å². The summed E-state index contributed by atoms with van der Waals surface area (Å²) in [5.74, 6) is 0.926. The van der Waals surface area contributed by atoms with Crippen molar-refractivity contribution >= 4 is 40.3 Å². The van der Waals surface area contributed by atoms with Crippen molar-refractivity contribution in [3.63, 3.8) is 0 Å². The van der Waals surface area contributed by atoms with Crippen LogP contribution in [0.2, 0.25) is 0 Å². The first-order chi connectivity index (χ1) is 14.0. The molecule has 0 atom stereocenters. The zero-order chi connectivity index (χ0) is 20.4. The largest absolute Gasteiger partial charge is 0.457 e. The van der Waals surface area contributed by atoms with Crippen LogP contribution in [0.5, 0.6) is 0 Å². The average Bonchev–Trinajstić information content (AvgIpc) is 3.30. The fourth-order valence-corrected chi connectivity index (χ4v) is 3.69. The van der Waals surface area contributed by atoms with Gasteiger partial charge in [0, 0.05) is 30.8 Å². The average molecular weight is 405 g/mol. The van der Waals surface area contributed by atoms with E-state index in [1.54, 1.807) is 37.4 Å². The van der Waals surface area contributed by atoms with Crippen LogP contribution in [0.15, 0.2) is 81.0 Å². The minimum Gasteiger partial charge on any atom is -0.457 e. The molecule has 0 unspecified atom stereocenters. The number of nitrogens with zero attached hydrogens (tertiary/aromatic N) is 3. The van der Waals surface area contributed by atoms with Crippen LogP contribution in [0.1, 0.15) is 5.76 Å². The van der Waals surface area contributed by atoms with Crippen LogP contribution in [0.4, 0.5) is 11.4 Å². The molecule has 8 heteroatoms. The van der Waals surface area contributed by atoms with Crippen molar-refractivity contribution in [1.82, 2.24) is 4.90 Å². The number of carbonyl (C=O) groups is 1. The van der Waals surface area contributed by atoms with Crippen LogP contribution in [0.3, 0.4) is 0 Å². The van der Waals surface area contributed by atoms with Gasteiger partial charge in [-0.15, -0.1) is 0 Å². The van der Waals surface area contributed by atoms with Crippen LogP contribution in [0, 0.1) is 10.1 Å². The van der Waals surface area contributed by atoms with Gasteiger partial charge in [0.2, 0.25) is 0 Å². The Balaban J connectivity index is 1.56. The molecule has 0 bridgehead atoms. The summed E-state index contributed by atoms with van der Waals surface area (Å²) in [6.45, 7) is 0. The Bertz CT molecular complexity index is 1130. The van der Waals surface area contributed by atoms with E-state index < -0.39 is 4.92 Å². The number of hydrogen-bond donors (Lipinski definition) is 0. The van der Waals surface area contributed by atoms with E-state index in [9.17, 15) is 14.9 Å². The monoisotopic (exact) mass is 405 g/mol. The molecule has 1 aliphatic heterocycles. The number of hydrogen-bond acceptors (Lipinski definition) is 6. The Morgan fingerprint density at radius 1 is 1.07 bits per heavy atom. The zero-order valence-electron chi connectivity index (χ0n) is 15.3. The number of para-hydroxylation sites is 1. The van der Waals surface area contributed by atoms with Crippen LogP contribution in [-0.4, -0.2) is 27.9 Å². The molecule has 3 aromatic rings. The minimum atomic E-state index is -0.449. The van der Waals surface area contributed by atoms with Crippen LogP contribution < -0.4 is 0 Å². The maximum absolute atomic E-state index is 12.5. The van der Waals surface area contributed by atoms with Gasteiger partial charge in [-0.3, -0.25) is 19.8 Å². The lowest BCUT2D eigenvalue weighted by atomic mass is 10.1. The SMILES string of the molecule is CN1C(=O)/C(=C\c2ccc(-c3ccc([N+](=O)[O-])cc3)o2)SC1=Nc1ccccc1. The predicted molar refractivity (Wildman–Crippen MR) is 113 cm³/mol. The van der Waals surface area contributed by atoms with Gasteiger partial charge in [-0.05, 0) is 48.2 Å². The molecule has 0 aliphatic carbocycles. The first-order valence-corrected chi connectivity index (χ1v) is 9.49. The highest BCUT2D eigenvalue weighted by Gasteiger charge is 2.30. The quantitative estimate of drug-likeness (QED) is 0.343. The highest BCUT2D eigenvalue weighted by Crippen LogP contribution is 2.34. The molecule has 1 amide bonds. The topological polar surface area (TPSA) is 89.0 Å². The van der Waals surface area contributed by atoms with Gasteiger partial charge in [0.1, 0.15) is 11.5 Å². The zero-order valence-corrected chi connectivity index (χ0v) is 16.1. The van der Waals surface area contributed by atoms with Gasteiger partial charge in [-0.25, -0.2) is 4.99 Å². The lowest BCUT2D eigenvalue weighted by molar-refractivity contribution is -0.384. The third kappa shape index (κ3) is 3.97. The number of thioether (sulfide) groups is 1. The summed E-state index contributed by atoms with van der Waals surface area (Å²) < 4.78 is 5.80. The number of likely N-dealkylation sites (N-methyl/N-ethyl adjacent to an activating group) is 1. The van der Waals surface area contributed by atoms with Gasteiger partial charge < -0.3 is 4.42 Å². The molecule has 4 rings (SSSR count). The van der Waals surface area contributed by atoms with Crippen LogP contribution in [0.25, 0.3) is 17.4 Å². The first kappa shape index (κ1) is 18.7. The highest BCUT2D eigenvalue weighted by atomic mass is 32.2. The molecule has 7 nitrogen and oxygen atoms in total. The second-order valence-corrected chi connectivity index (χ2v) is 7.22. The van der Waals surface area contributed by atoms with Crippen LogP contribution >= 0.6 is 11.8 Å². The van der Waals surface area contributed by atoms with Crippen molar-refractivity contribution in [1.29, 1.82) is 0 Å². The maximum Gasteiger partial charge on any atom is 0.269 e. The second kappa shape index (κ2) is 7.76. The normalized spacial score (nSPS) is 16.7. The van der Waals surface area contributed by atoms with E-state index in [1.165, 1.54) is 28.8 Å². The molecule has 1 aliphatic rings. The lowest BCUT2D eigenvalue weighted by Gasteiger charge is -2.06. The Kier molecular flexibility index (Phi) is 5.01. The Labute approximate surface area is 170 Å². The second-order valence-electron chi connectivity index (χ2n) is 6.21. The molecule has 0 radical (unpaired) electrons. The van der Waals surface area contributed by atoms with Crippen molar-refractivity contribution in [2.45, 2.75) is 0 Å². The van der Waals surface area contributed by atoms with E-state index >= 15 is 0 Å². The summed E-state index contributed by atoms with van der Waals surface area (Å²) in [4.78, 5) is 29.4. The molecule has 0 spiro atoms. The van der Waals surface area contributed by atoms with Crippen LogP contribution in [-0.2, 0) is 4.79 Å². The molecule has 2 heterocycles. The molecule has 144 valence electrons. The molecular weight excluding hydrogens is 390 g/mol. The summed E-state index contributed by atoms with van der Waals surface area (Å²) in [5, 5.41) is 11.4. The molecule has 1 saturated heterocycles. The number of aliphatic imine (C=N–C) groups is 1. The third-order valence-electron chi connectivity index (χ3n) is 4.25. The number of amidine groups is 1. The van der Waals surface area contributed by atoms with Crippen molar-refractivity contribution < 1.29 is 14.1 Å². The van der Waals surface area contributed by atoms with E-state index in [2.05, 4.69) is 4.99 Å². The molecule has 29 heavy (non-hydrogen) atoms. The fraction of sp³-hybridized carbons (Fsp3) is 0.0476. The number of rotatable bonds is 4. The molecule has 1 fully saturated rings. The third-order valence-corrected chi connectivity index (χ3v) is 5.31. The summed E-state index contributed by atoms with van der Waals surface area (Å²) in [5.41, 5.74) is 1.51. The first-order valence-electron chi connectivity index (χ1n) is 8.67. The van der Waals surface area contributed by atoms with Crippen molar-refractivity contribution in [3.05, 3.63) is 87.5 Å². The standard InChI is InChI=1S/C21H15N3O4S/c1-23-20(25)19(29-21(23)22-15-5-3-2-4-6-15)13-17-11-12-18(28-17)14-7-9-16(10-8-14)24(26)27/h2-13H,1H3/b19-13+,22-21?. The van der Waals surface area contributed by atoms with Gasteiger partial charge in [0.25, 0.3) is 11.6 Å². The van der Waals surface area contributed by atoms with Gasteiger partial charge in [0.15, 0.2) is 5.17 Å². The highest BCUT2D eigenvalue weighted by molar-refractivity contribution is 8.18. The number of furan rings is 1. The number of benzene rings is 2. The van der Waals surface area contributed by atoms with E-state index in [1.807, 2.05) is 30.3 Å². The molecular formula is C21H15N3O4S. The van der Waals surface area contributed by atoms with E-state index in [4.69, 9.17) is 4.42 Å². The maximum atomic E-state index is 12.5. The van der Waals surface area contributed by atoms with Gasteiger partial charge in [-0.1, -0.05) is 18.2 Å². The van der Waals surface area contributed by atoms with E-state index in [-0.39, 0.29) is 11.6 Å². The number of nitro benzene ring substituents is 1. The predicted octanol–water partition coefficient (Wildman–Crippen LogP) is 5.09. The van der Waals surface area contributed by atoms with Crippen molar-refractivity contribution in [2.24, 2.45) is 4.99 Å². The summed E-state index contributed by atoms with van der Waals surface area (Å²) in [6, 6.07) is 19.0. The van der Waals surface area contributed by atoms with Gasteiger partial charge >= 0.3 is 0 Å². The van der Waals surface area contributed by atoms with Crippen molar-refractivity contribution in [2.75, 3.05) is 7.05 Å². The van der Waals surface area contributed by atoms with E-state index in [0.717, 1.165) is 5.69 Å². The molecule has 0 saturated carbocycles. The summed E-state index contributed by atoms with van der Waals surface area (Å²) in [7, 11) is 1.68. The minimum absolute atomic E-state index is 0.0175. The number of non-ortho nitro benzene ring substituents is 1. The van der Waals surface area contributed by atoms with E-state index in [0.29, 0.717) is 27.2 Å². The summed E-state index contributed by atoms with van der Waals surface area (Å²) in [6.07, 6.45) is 1.67. The fourth-order valence-electron chi connectivity index (χ4n) is 2.73. The lowest BCUT2D eigenvalue weighted by Crippen LogP contribution is -2.23. The molecule has 0 N–H and O–H groups in total.